The van der Waals surface area contributed by atoms with Crippen molar-refractivity contribution in [1.82, 2.24) is 5.01 Å². The maximum atomic E-state index is 6.40. The summed E-state index contributed by atoms with van der Waals surface area (Å²) in [4.78, 5) is 0. The highest BCUT2D eigenvalue weighted by Crippen LogP contribution is 2.48. The molecular formula is C23H19ClN2O2. The third-order valence-electron chi connectivity index (χ3n) is 5.26. The van der Waals surface area contributed by atoms with Crippen molar-refractivity contribution < 1.29 is 9.47 Å². The van der Waals surface area contributed by atoms with E-state index in [0.29, 0.717) is 5.02 Å². The molecule has 5 rings (SSSR count). The standard InChI is InChI=1S/C23H19ClN2O2/c1-27-21-11-4-3-10-18(21)23-26-20(17-9-2-5-12-22(17)28-23)14-19(25-26)15-7-6-8-16(24)13-15/h2-13,20,23H,14H2,1H3/t20-,23-/m1/s1. The van der Waals surface area contributed by atoms with Gasteiger partial charge >= 0.3 is 0 Å². The molecule has 0 radical (unpaired) electrons. The SMILES string of the molecule is COc1ccccc1[C@H]1Oc2ccccc2[C@H]2CC(c3cccc(Cl)c3)=NN21. The predicted octanol–water partition coefficient (Wildman–Crippen LogP) is 5.59. The molecule has 2 aliphatic heterocycles. The first-order chi connectivity index (χ1) is 13.7. The minimum Gasteiger partial charge on any atom is -0.496 e. The zero-order valence-corrected chi connectivity index (χ0v) is 16.1. The van der Waals surface area contributed by atoms with E-state index in [1.807, 2.05) is 66.7 Å². The fraction of sp³-hybridized carbons (Fsp3) is 0.174. The maximum absolute atomic E-state index is 6.40. The van der Waals surface area contributed by atoms with Crippen LogP contribution in [0.2, 0.25) is 5.02 Å². The van der Waals surface area contributed by atoms with Crippen molar-refractivity contribution in [3.63, 3.8) is 0 Å². The van der Waals surface area contributed by atoms with Gasteiger partial charge in [0, 0.05) is 17.0 Å². The van der Waals surface area contributed by atoms with Crippen molar-refractivity contribution in [3.8, 4) is 11.5 Å². The highest BCUT2D eigenvalue weighted by molar-refractivity contribution is 6.31. The van der Waals surface area contributed by atoms with Gasteiger partial charge in [-0.15, -0.1) is 0 Å². The summed E-state index contributed by atoms with van der Waals surface area (Å²) in [6.07, 6.45) is 0.444. The summed E-state index contributed by atoms with van der Waals surface area (Å²) in [6.45, 7) is 0. The Morgan fingerprint density at radius 2 is 1.79 bits per heavy atom. The molecule has 0 amide bonds. The smallest absolute Gasteiger partial charge is 0.217 e. The van der Waals surface area contributed by atoms with E-state index < -0.39 is 0 Å². The lowest BCUT2D eigenvalue weighted by Crippen LogP contribution is -2.33. The minimum absolute atomic E-state index is 0.105. The van der Waals surface area contributed by atoms with Crippen LogP contribution in [0.4, 0.5) is 0 Å². The zero-order valence-electron chi connectivity index (χ0n) is 15.4. The Kier molecular flexibility index (Phi) is 4.21. The predicted molar refractivity (Wildman–Crippen MR) is 110 cm³/mol. The Bertz CT molecular complexity index is 1070. The van der Waals surface area contributed by atoms with Crippen molar-refractivity contribution in [1.29, 1.82) is 0 Å². The molecule has 0 N–H and O–H groups in total. The molecule has 140 valence electrons. The fourth-order valence-electron chi connectivity index (χ4n) is 3.95. The summed E-state index contributed by atoms with van der Waals surface area (Å²) in [5, 5.41) is 7.73. The van der Waals surface area contributed by atoms with Crippen LogP contribution in [0.15, 0.2) is 77.9 Å². The number of para-hydroxylation sites is 2. The van der Waals surface area contributed by atoms with Crippen LogP contribution in [0.5, 0.6) is 11.5 Å². The third kappa shape index (κ3) is 2.81. The molecule has 2 atom stereocenters. The third-order valence-corrected chi connectivity index (χ3v) is 5.50. The van der Waals surface area contributed by atoms with Gasteiger partial charge < -0.3 is 9.47 Å². The van der Waals surface area contributed by atoms with Crippen LogP contribution in [-0.4, -0.2) is 17.8 Å². The fourth-order valence-corrected chi connectivity index (χ4v) is 4.14. The molecule has 5 heteroatoms. The quantitative estimate of drug-likeness (QED) is 0.584. The topological polar surface area (TPSA) is 34.1 Å². The monoisotopic (exact) mass is 390 g/mol. The minimum atomic E-state index is -0.354. The molecule has 0 bridgehead atoms. The number of hydrogen-bond donors (Lipinski definition) is 0. The van der Waals surface area contributed by atoms with E-state index in [4.69, 9.17) is 26.2 Å². The second kappa shape index (κ2) is 6.88. The number of methoxy groups -OCH3 is 1. The van der Waals surface area contributed by atoms with Gasteiger partial charge in [0.2, 0.25) is 6.23 Å². The molecule has 28 heavy (non-hydrogen) atoms. The van der Waals surface area contributed by atoms with E-state index in [0.717, 1.165) is 40.3 Å². The van der Waals surface area contributed by atoms with E-state index in [9.17, 15) is 0 Å². The molecule has 4 nitrogen and oxygen atoms in total. The first-order valence-electron chi connectivity index (χ1n) is 9.25. The molecule has 3 aromatic carbocycles. The van der Waals surface area contributed by atoms with Crippen LogP contribution in [0, 0.1) is 0 Å². The summed E-state index contributed by atoms with van der Waals surface area (Å²) in [5.41, 5.74) is 4.15. The average molecular weight is 391 g/mol. The number of nitrogens with zero attached hydrogens (tertiary/aromatic N) is 2. The van der Waals surface area contributed by atoms with Crippen LogP contribution in [0.25, 0.3) is 0 Å². The van der Waals surface area contributed by atoms with Gasteiger partial charge in [-0.2, -0.15) is 5.10 Å². The maximum Gasteiger partial charge on any atom is 0.217 e. The van der Waals surface area contributed by atoms with Crippen molar-refractivity contribution in [3.05, 3.63) is 94.5 Å². The second-order valence-electron chi connectivity index (χ2n) is 6.91. The lowest BCUT2D eigenvalue weighted by atomic mass is 9.96. The molecule has 0 saturated heterocycles. The van der Waals surface area contributed by atoms with Crippen LogP contribution < -0.4 is 9.47 Å². The van der Waals surface area contributed by atoms with Crippen molar-refractivity contribution in [2.24, 2.45) is 5.10 Å². The van der Waals surface area contributed by atoms with Gasteiger partial charge in [0.1, 0.15) is 11.5 Å². The summed E-state index contributed by atoms with van der Waals surface area (Å²) in [5.74, 6) is 1.68. The Morgan fingerprint density at radius 3 is 2.61 bits per heavy atom. The number of fused-ring (bicyclic) bond motifs is 3. The van der Waals surface area contributed by atoms with Crippen molar-refractivity contribution in [2.75, 3.05) is 7.11 Å². The van der Waals surface area contributed by atoms with Gasteiger partial charge in [-0.3, -0.25) is 0 Å². The van der Waals surface area contributed by atoms with Crippen molar-refractivity contribution >= 4 is 17.3 Å². The van der Waals surface area contributed by atoms with Crippen LogP contribution in [0.3, 0.4) is 0 Å². The largest absolute Gasteiger partial charge is 0.496 e. The van der Waals surface area contributed by atoms with E-state index >= 15 is 0 Å². The Morgan fingerprint density at radius 1 is 1.00 bits per heavy atom. The number of hydrazone groups is 1. The van der Waals surface area contributed by atoms with Crippen LogP contribution in [0.1, 0.15) is 35.4 Å². The number of ether oxygens (including phenoxy) is 2. The molecule has 3 aromatic rings. The number of hydrogen-bond acceptors (Lipinski definition) is 4. The lowest BCUT2D eigenvalue weighted by Gasteiger charge is -2.38. The highest BCUT2D eigenvalue weighted by atomic mass is 35.5. The second-order valence-corrected chi connectivity index (χ2v) is 7.34. The normalized spacial score (nSPS) is 20.1. The van der Waals surface area contributed by atoms with Gasteiger partial charge in [-0.1, -0.05) is 54.1 Å². The Balaban J connectivity index is 1.62. The first kappa shape index (κ1) is 17.1. The van der Waals surface area contributed by atoms with Gasteiger partial charge in [-0.05, 0) is 35.9 Å². The highest BCUT2D eigenvalue weighted by Gasteiger charge is 2.41. The first-order valence-corrected chi connectivity index (χ1v) is 9.62. The molecule has 0 fully saturated rings. The lowest BCUT2D eigenvalue weighted by molar-refractivity contribution is -0.0203. The zero-order chi connectivity index (χ0) is 19.1. The molecule has 0 aliphatic carbocycles. The van der Waals surface area contributed by atoms with E-state index in [1.165, 1.54) is 0 Å². The van der Waals surface area contributed by atoms with Gasteiger partial charge in [0.25, 0.3) is 0 Å². The van der Waals surface area contributed by atoms with E-state index in [2.05, 4.69) is 11.1 Å². The van der Waals surface area contributed by atoms with Gasteiger partial charge in [0.15, 0.2) is 0 Å². The number of rotatable bonds is 3. The molecule has 0 saturated carbocycles. The average Bonchev–Trinajstić information content (AvgIpc) is 3.19. The summed E-state index contributed by atoms with van der Waals surface area (Å²) in [7, 11) is 1.68. The Hall–Kier alpha value is -2.98. The van der Waals surface area contributed by atoms with Crippen LogP contribution in [-0.2, 0) is 0 Å². The van der Waals surface area contributed by atoms with E-state index in [-0.39, 0.29) is 12.3 Å². The van der Waals surface area contributed by atoms with E-state index in [1.54, 1.807) is 7.11 Å². The molecule has 2 heterocycles. The van der Waals surface area contributed by atoms with Gasteiger partial charge in [0.05, 0.1) is 24.4 Å². The number of halogens is 1. The van der Waals surface area contributed by atoms with Gasteiger partial charge in [-0.25, -0.2) is 5.01 Å². The Labute approximate surface area is 169 Å². The van der Waals surface area contributed by atoms with Crippen molar-refractivity contribution in [2.45, 2.75) is 18.7 Å². The molecule has 0 spiro atoms. The number of benzene rings is 3. The summed E-state index contributed by atoms with van der Waals surface area (Å²) < 4.78 is 12.0. The van der Waals surface area contributed by atoms with Crippen LogP contribution >= 0.6 is 11.6 Å². The molecule has 0 unspecified atom stereocenters. The molecule has 2 aliphatic rings. The molecular weight excluding hydrogens is 372 g/mol. The summed E-state index contributed by atoms with van der Waals surface area (Å²) in [6, 6.07) is 24.1. The molecule has 0 aromatic heterocycles. The summed E-state index contributed by atoms with van der Waals surface area (Å²) >= 11 is 6.21.